The maximum atomic E-state index is 12.0. The Bertz CT molecular complexity index is 1030. The zero-order chi connectivity index (χ0) is 27.1. The van der Waals surface area contributed by atoms with Crippen molar-refractivity contribution in [3.05, 3.63) is 65.2 Å². The van der Waals surface area contributed by atoms with E-state index in [1.807, 2.05) is 24.8 Å². The minimum absolute atomic E-state index is 0.0917. The third-order valence-electron chi connectivity index (χ3n) is 6.60. The van der Waals surface area contributed by atoms with Crippen molar-refractivity contribution in [2.75, 3.05) is 56.0 Å². The van der Waals surface area contributed by atoms with Gasteiger partial charge in [0.05, 0.1) is 19.8 Å². The highest BCUT2D eigenvalue weighted by Crippen LogP contribution is 2.34. The molecular weight excluding hydrogens is 516 g/mol. The lowest BCUT2D eigenvalue weighted by Gasteiger charge is -2.23. The molecule has 0 bridgehead atoms. The number of para-hydroxylation sites is 1. The molecule has 2 aromatic carbocycles. The third kappa shape index (κ3) is 9.65. The molecule has 3 rings (SSSR count). The SMILES string of the molecule is CCC(N)(CN)C(=O)OCCSCCOCCSCCOc1ccccc1C1=Cc2ccccc2CCC1. The van der Waals surface area contributed by atoms with Crippen molar-refractivity contribution in [3.63, 3.8) is 0 Å². The highest BCUT2D eigenvalue weighted by atomic mass is 32.2. The number of hydrogen-bond donors (Lipinski definition) is 2. The smallest absolute Gasteiger partial charge is 0.327 e. The van der Waals surface area contributed by atoms with Crippen molar-refractivity contribution in [1.29, 1.82) is 0 Å². The van der Waals surface area contributed by atoms with Gasteiger partial charge in [-0.1, -0.05) is 55.5 Å². The molecule has 0 fully saturated rings. The van der Waals surface area contributed by atoms with Crippen LogP contribution in [0.5, 0.6) is 5.75 Å². The molecule has 0 amide bonds. The van der Waals surface area contributed by atoms with E-state index in [0.29, 0.717) is 32.8 Å². The third-order valence-corrected chi connectivity index (χ3v) is 8.42. The molecular formula is C30H42N2O4S2. The predicted octanol–water partition coefficient (Wildman–Crippen LogP) is 5.03. The van der Waals surface area contributed by atoms with Gasteiger partial charge in [0.15, 0.2) is 0 Å². The first-order valence-corrected chi connectivity index (χ1v) is 15.8. The Morgan fingerprint density at radius 3 is 2.37 bits per heavy atom. The van der Waals surface area contributed by atoms with E-state index in [1.54, 1.807) is 11.8 Å². The molecule has 38 heavy (non-hydrogen) atoms. The maximum Gasteiger partial charge on any atom is 0.327 e. The van der Waals surface area contributed by atoms with Crippen LogP contribution in [0.4, 0.5) is 0 Å². The van der Waals surface area contributed by atoms with E-state index in [2.05, 4.69) is 48.5 Å². The fourth-order valence-electron chi connectivity index (χ4n) is 4.16. The predicted molar refractivity (Wildman–Crippen MR) is 162 cm³/mol. The van der Waals surface area contributed by atoms with Crippen molar-refractivity contribution < 1.29 is 19.0 Å². The zero-order valence-corrected chi connectivity index (χ0v) is 24.1. The lowest BCUT2D eigenvalue weighted by molar-refractivity contribution is -0.149. The minimum atomic E-state index is -1.07. The summed E-state index contributed by atoms with van der Waals surface area (Å²) in [5.41, 5.74) is 15.7. The summed E-state index contributed by atoms with van der Waals surface area (Å²) in [6.07, 6.45) is 6.14. The van der Waals surface area contributed by atoms with Crippen LogP contribution in [0.1, 0.15) is 42.9 Å². The van der Waals surface area contributed by atoms with E-state index in [4.69, 9.17) is 25.7 Å². The summed E-state index contributed by atoms with van der Waals surface area (Å²) in [4.78, 5) is 12.0. The van der Waals surface area contributed by atoms with Crippen LogP contribution < -0.4 is 16.2 Å². The lowest BCUT2D eigenvalue weighted by Crippen LogP contribution is -2.54. The number of nitrogens with two attached hydrogens (primary N) is 2. The molecule has 8 heteroatoms. The summed E-state index contributed by atoms with van der Waals surface area (Å²) in [7, 11) is 0. The fourth-order valence-corrected chi connectivity index (χ4v) is 5.45. The van der Waals surface area contributed by atoms with E-state index >= 15 is 0 Å². The average molecular weight is 559 g/mol. The van der Waals surface area contributed by atoms with Gasteiger partial charge in [-0.15, -0.1) is 0 Å². The Kier molecular flexibility index (Phi) is 13.6. The summed E-state index contributed by atoms with van der Waals surface area (Å²) in [5.74, 6) is 3.98. The van der Waals surface area contributed by atoms with Crippen molar-refractivity contribution in [2.24, 2.45) is 11.5 Å². The molecule has 1 unspecified atom stereocenters. The van der Waals surface area contributed by atoms with Gasteiger partial charge in [0.2, 0.25) is 0 Å². The highest BCUT2D eigenvalue weighted by Gasteiger charge is 2.32. The largest absolute Gasteiger partial charge is 0.492 e. The summed E-state index contributed by atoms with van der Waals surface area (Å²) < 4.78 is 17.2. The molecule has 1 aliphatic carbocycles. The second kappa shape index (κ2) is 16.9. The van der Waals surface area contributed by atoms with Gasteiger partial charge >= 0.3 is 5.97 Å². The maximum absolute atomic E-state index is 12.0. The van der Waals surface area contributed by atoms with Gasteiger partial charge in [0.25, 0.3) is 0 Å². The van der Waals surface area contributed by atoms with Crippen LogP contribution in [-0.2, 0) is 20.7 Å². The Hall–Kier alpha value is -1.97. The first kappa shape index (κ1) is 30.6. The van der Waals surface area contributed by atoms with Crippen molar-refractivity contribution >= 4 is 41.1 Å². The lowest BCUT2D eigenvalue weighted by atomic mass is 9.98. The molecule has 1 aliphatic rings. The first-order chi connectivity index (χ1) is 18.6. The molecule has 2 aromatic rings. The summed E-state index contributed by atoms with van der Waals surface area (Å²) in [6.45, 7) is 4.33. The fraction of sp³-hybridized carbons (Fsp3) is 0.500. The molecule has 0 aliphatic heterocycles. The first-order valence-electron chi connectivity index (χ1n) is 13.5. The minimum Gasteiger partial charge on any atom is -0.492 e. The summed E-state index contributed by atoms with van der Waals surface area (Å²) in [6, 6.07) is 17.1. The molecule has 208 valence electrons. The number of carbonyl (C=O) groups is 1. The van der Waals surface area contributed by atoms with Gasteiger partial charge in [-0.2, -0.15) is 23.5 Å². The monoisotopic (exact) mass is 558 g/mol. The Morgan fingerprint density at radius 1 is 0.921 bits per heavy atom. The number of ether oxygens (including phenoxy) is 3. The van der Waals surface area contributed by atoms with Crippen LogP contribution in [0.3, 0.4) is 0 Å². The molecule has 0 aromatic heterocycles. The van der Waals surface area contributed by atoms with E-state index in [-0.39, 0.29) is 6.54 Å². The Labute approximate surface area is 236 Å². The van der Waals surface area contributed by atoms with Crippen LogP contribution in [0.15, 0.2) is 48.5 Å². The number of rotatable bonds is 17. The zero-order valence-electron chi connectivity index (χ0n) is 22.5. The highest BCUT2D eigenvalue weighted by molar-refractivity contribution is 7.99. The number of allylic oxidation sites excluding steroid dienone is 1. The molecule has 0 saturated heterocycles. The van der Waals surface area contributed by atoms with Crippen molar-refractivity contribution in [1.82, 2.24) is 0 Å². The van der Waals surface area contributed by atoms with E-state index < -0.39 is 11.5 Å². The molecule has 0 radical (unpaired) electrons. The van der Waals surface area contributed by atoms with Crippen LogP contribution in [0, 0.1) is 0 Å². The molecule has 0 spiro atoms. The summed E-state index contributed by atoms with van der Waals surface area (Å²) in [5, 5.41) is 0. The van der Waals surface area contributed by atoms with Gasteiger partial charge in [-0.25, -0.2) is 0 Å². The molecule has 0 heterocycles. The number of carbonyl (C=O) groups excluding carboxylic acids is 1. The van der Waals surface area contributed by atoms with Crippen molar-refractivity contribution in [3.8, 4) is 5.75 Å². The number of fused-ring (bicyclic) bond motifs is 1. The van der Waals surface area contributed by atoms with Crippen LogP contribution >= 0.6 is 23.5 Å². The topological polar surface area (TPSA) is 96.8 Å². The number of benzene rings is 2. The van der Waals surface area contributed by atoms with Gasteiger partial charge < -0.3 is 25.7 Å². The van der Waals surface area contributed by atoms with Gasteiger partial charge in [-0.3, -0.25) is 4.79 Å². The number of aryl methyl sites for hydroxylation is 1. The van der Waals surface area contributed by atoms with Gasteiger partial charge in [0.1, 0.15) is 17.9 Å². The second-order valence-electron chi connectivity index (χ2n) is 9.25. The molecule has 4 N–H and O–H groups in total. The van der Waals surface area contributed by atoms with E-state index in [1.165, 1.54) is 22.3 Å². The standard InChI is InChI=1S/C30H42N2O4S2/c1-2-30(32,23-31)29(33)36-17-21-38-19-15-34-14-18-37-20-16-35-28-13-6-5-12-27(28)26-11-7-10-24-8-3-4-9-25(24)22-26/h3-6,8-9,12-13,22H,2,7,10-11,14-21,23,31-32H2,1H3. The van der Waals surface area contributed by atoms with Gasteiger partial charge in [0, 0.05) is 35.1 Å². The van der Waals surface area contributed by atoms with Crippen molar-refractivity contribution in [2.45, 2.75) is 38.1 Å². The van der Waals surface area contributed by atoms with Gasteiger partial charge in [-0.05, 0) is 48.4 Å². The van der Waals surface area contributed by atoms with E-state index in [9.17, 15) is 4.79 Å². The van der Waals surface area contributed by atoms with E-state index in [0.717, 1.165) is 48.0 Å². The Balaban J connectivity index is 1.25. The van der Waals surface area contributed by atoms with Crippen LogP contribution in [0.25, 0.3) is 11.6 Å². The molecule has 6 nitrogen and oxygen atoms in total. The molecule has 0 saturated carbocycles. The summed E-state index contributed by atoms with van der Waals surface area (Å²) >= 11 is 3.53. The van der Waals surface area contributed by atoms with Crippen LogP contribution in [-0.4, -0.2) is 67.5 Å². The number of thioether (sulfide) groups is 2. The number of esters is 1. The normalized spacial score (nSPS) is 14.7. The quantitative estimate of drug-likeness (QED) is 0.206. The average Bonchev–Trinajstić information content (AvgIpc) is 3.17. The van der Waals surface area contributed by atoms with Crippen LogP contribution in [0.2, 0.25) is 0 Å². The second-order valence-corrected chi connectivity index (χ2v) is 11.7. The molecule has 1 atom stereocenters. The number of hydrogen-bond acceptors (Lipinski definition) is 8. The Morgan fingerprint density at radius 2 is 1.61 bits per heavy atom.